The van der Waals surface area contributed by atoms with Gasteiger partial charge in [0.25, 0.3) is 0 Å². The third kappa shape index (κ3) is 4.17. The number of carboxylic acid groups (broad SMARTS) is 1. The zero-order chi connectivity index (χ0) is 16.4. The predicted octanol–water partition coefficient (Wildman–Crippen LogP) is -0.0247. The molecule has 1 heterocycles. The first-order valence-electron chi connectivity index (χ1n) is 7.01. The molecule has 1 aliphatic rings. The molecular weight excluding hydrogens is 276 g/mol. The first-order valence-corrected chi connectivity index (χ1v) is 7.01. The number of aliphatic carboxylic acids is 1. The Labute approximate surface area is 124 Å². The van der Waals surface area contributed by atoms with Crippen molar-refractivity contribution in [2.75, 3.05) is 13.1 Å². The van der Waals surface area contributed by atoms with Gasteiger partial charge in [-0.2, -0.15) is 0 Å². The summed E-state index contributed by atoms with van der Waals surface area (Å²) < 4.78 is 0. The minimum absolute atomic E-state index is 0.106. The van der Waals surface area contributed by atoms with Gasteiger partial charge in [0.05, 0.1) is 6.54 Å². The van der Waals surface area contributed by atoms with Crippen molar-refractivity contribution in [2.24, 2.45) is 5.41 Å². The number of nitrogens with one attached hydrogen (secondary N) is 1. The van der Waals surface area contributed by atoms with Crippen LogP contribution in [0.3, 0.4) is 0 Å². The van der Waals surface area contributed by atoms with E-state index in [1.165, 1.54) is 4.90 Å². The van der Waals surface area contributed by atoms with Gasteiger partial charge in [0.2, 0.25) is 11.8 Å². The van der Waals surface area contributed by atoms with E-state index in [1.54, 1.807) is 20.8 Å². The highest BCUT2D eigenvalue weighted by Crippen LogP contribution is 2.25. The van der Waals surface area contributed by atoms with Crippen LogP contribution in [-0.2, 0) is 14.4 Å². The quantitative estimate of drug-likeness (QED) is 0.676. The fourth-order valence-electron chi connectivity index (χ4n) is 2.17. The van der Waals surface area contributed by atoms with E-state index >= 15 is 0 Å². The summed E-state index contributed by atoms with van der Waals surface area (Å²) in [6.45, 7) is 6.61. The van der Waals surface area contributed by atoms with Crippen molar-refractivity contribution in [3.8, 4) is 0 Å². The first-order chi connectivity index (χ1) is 9.47. The Hall–Kier alpha value is -1.63. The van der Waals surface area contributed by atoms with Gasteiger partial charge >= 0.3 is 5.97 Å². The van der Waals surface area contributed by atoms with Gasteiger partial charge < -0.3 is 20.4 Å². The lowest BCUT2D eigenvalue weighted by Crippen LogP contribution is -2.53. The summed E-state index contributed by atoms with van der Waals surface area (Å²) in [6, 6.07) is -0.596. The van der Waals surface area contributed by atoms with E-state index in [9.17, 15) is 19.5 Å². The van der Waals surface area contributed by atoms with Crippen LogP contribution in [-0.4, -0.2) is 57.6 Å². The Kier molecular flexibility index (Phi) is 4.99. The van der Waals surface area contributed by atoms with Crippen LogP contribution in [0.15, 0.2) is 0 Å². The van der Waals surface area contributed by atoms with Gasteiger partial charge in [0.15, 0.2) is 5.60 Å². The van der Waals surface area contributed by atoms with E-state index in [1.807, 2.05) is 0 Å². The molecule has 1 aliphatic heterocycles. The minimum Gasteiger partial charge on any atom is -0.479 e. The molecule has 3 N–H and O–H groups in total. The maximum absolute atomic E-state index is 12.3. The molecule has 0 aromatic carbocycles. The van der Waals surface area contributed by atoms with Crippen LogP contribution in [0.4, 0.5) is 0 Å². The Morgan fingerprint density at radius 2 is 1.81 bits per heavy atom. The van der Waals surface area contributed by atoms with Gasteiger partial charge in [-0.05, 0) is 19.8 Å². The molecule has 7 nitrogen and oxygen atoms in total. The van der Waals surface area contributed by atoms with Gasteiger partial charge in [-0.25, -0.2) is 4.79 Å². The van der Waals surface area contributed by atoms with E-state index in [0.717, 1.165) is 13.3 Å². The molecule has 0 aromatic heterocycles. The number of nitrogens with zero attached hydrogens (tertiary/aromatic N) is 1. The molecule has 2 unspecified atom stereocenters. The second kappa shape index (κ2) is 6.01. The smallest absolute Gasteiger partial charge is 0.337 e. The number of amides is 2. The summed E-state index contributed by atoms with van der Waals surface area (Å²) >= 11 is 0. The molecule has 0 radical (unpaired) electrons. The molecule has 7 heteroatoms. The fraction of sp³-hybridized carbons (Fsp3) is 0.786. The molecule has 0 spiro atoms. The highest BCUT2D eigenvalue weighted by atomic mass is 16.4. The average Bonchev–Trinajstić information content (AvgIpc) is 2.82. The van der Waals surface area contributed by atoms with Crippen molar-refractivity contribution >= 4 is 17.8 Å². The maximum Gasteiger partial charge on any atom is 0.337 e. The zero-order valence-electron chi connectivity index (χ0n) is 13.0. The highest BCUT2D eigenvalue weighted by molar-refractivity contribution is 5.90. The molecule has 1 saturated heterocycles. The Morgan fingerprint density at radius 1 is 1.24 bits per heavy atom. The normalized spacial score (nSPS) is 21.8. The third-order valence-electron chi connectivity index (χ3n) is 3.53. The molecule has 0 bridgehead atoms. The molecular formula is C14H24N2O5. The lowest BCUT2D eigenvalue weighted by atomic mass is 9.94. The van der Waals surface area contributed by atoms with Crippen LogP contribution < -0.4 is 5.32 Å². The molecule has 120 valence electrons. The number of carbonyl (C=O) groups excluding carboxylic acids is 2. The standard InChI is InChI=1S/C14H24N2O5/c1-13(2,3)11(18)16-7-5-6-9(16)10(17)15-8-14(4,21)12(19)20/h9,21H,5-8H2,1-4H3,(H,15,17)(H,19,20). The molecule has 0 aromatic rings. The molecule has 2 amide bonds. The minimum atomic E-state index is -2.02. The summed E-state index contributed by atoms with van der Waals surface area (Å²) in [5.41, 5.74) is -2.59. The third-order valence-corrected chi connectivity index (χ3v) is 3.53. The summed E-state index contributed by atoms with van der Waals surface area (Å²) in [4.78, 5) is 36.8. The van der Waals surface area contributed by atoms with Crippen molar-refractivity contribution < 1.29 is 24.6 Å². The van der Waals surface area contributed by atoms with E-state index in [4.69, 9.17) is 5.11 Å². The second-order valence-electron chi connectivity index (χ2n) is 6.70. The fourth-order valence-corrected chi connectivity index (χ4v) is 2.17. The molecule has 1 rings (SSSR count). The van der Waals surface area contributed by atoms with Gasteiger partial charge in [0, 0.05) is 12.0 Å². The summed E-state index contributed by atoms with van der Waals surface area (Å²) in [5.74, 6) is -1.94. The Balaban J connectivity index is 2.69. The van der Waals surface area contributed by atoms with E-state index in [-0.39, 0.29) is 5.91 Å². The van der Waals surface area contributed by atoms with Gasteiger partial charge in [0.1, 0.15) is 6.04 Å². The van der Waals surface area contributed by atoms with Crippen molar-refractivity contribution in [2.45, 2.75) is 52.2 Å². The van der Waals surface area contributed by atoms with Crippen LogP contribution in [0.2, 0.25) is 0 Å². The highest BCUT2D eigenvalue weighted by Gasteiger charge is 2.39. The largest absolute Gasteiger partial charge is 0.479 e. The average molecular weight is 300 g/mol. The van der Waals surface area contributed by atoms with Crippen molar-refractivity contribution in [1.29, 1.82) is 0 Å². The van der Waals surface area contributed by atoms with Crippen molar-refractivity contribution in [1.82, 2.24) is 10.2 Å². The number of aliphatic hydroxyl groups is 1. The predicted molar refractivity (Wildman–Crippen MR) is 75.5 cm³/mol. The maximum atomic E-state index is 12.3. The van der Waals surface area contributed by atoms with Gasteiger partial charge in [-0.3, -0.25) is 9.59 Å². The molecule has 1 fully saturated rings. The first kappa shape index (κ1) is 17.4. The zero-order valence-corrected chi connectivity index (χ0v) is 13.0. The van der Waals surface area contributed by atoms with Crippen LogP contribution in [0.5, 0.6) is 0 Å². The number of rotatable bonds is 4. The number of carboxylic acids is 1. The molecule has 21 heavy (non-hydrogen) atoms. The second-order valence-corrected chi connectivity index (χ2v) is 6.70. The SMILES string of the molecule is CC(C)(C)C(=O)N1CCCC1C(=O)NCC(C)(O)C(=O)O. The Bertz CT molecular complexity index is 439. The van der Waals surface area contributed by atoms with Crippen molar-refractivity contribution in [3.63, 3.8) is 0 Å². The molecule has 0 saturated carbocycles. The number of carbonyl (C=O) groups is 3. The lowest BCUT2D eigenvalue weighted by molar-refractivity contribution is -0.156. The van der Waals surface area contributed by atoms with Gasteiger partial charge in [-0.1, -0.05) is 20.8 Å². The number of hydrogen-bond acceptors (Lipinski definition) is 4. The van der Waals surface area contributed by atoms with E-state index in [2.05, 4.69) is 5.32 Å². The monoisotopic (exact) mass is 300 g/mol. The summed E-state index contributed by atoms with van der Waals surface area (Å²) in [7, 11) is 0. The molecule has 0 aliphatic carbocycles. The number of hydrogen-bond donors (Lipinski definition) is 3. The van der Waals surface area contributed by atoms with Crippen LogP contribution in [0, 0.1) is 5.41 Å². The summed E-state index contributed by atoms with van der Waals surface area (Å²) in [5, 5.41) is 20.8. The van der Waals surface area contributed by atoms with Crippen LogP contribution in [0.1, 0.15) is 40.5 Å². The Morgan fingerprint density at radius 3 is 2.29 bits per heavy atom. The summed E-state index contributed by atoms with van der Waals surface area (Å²) in [6.07, 6.45) is 1.28. The molecule has 2 atom stereocenters. The topological polar surface area (TPSA) is 107 Å². The van der Waals surface area contributed by atoms with E-state index in [0.29, 0.717) is 13.0 Å². The van der Waals surface area contributed by atoms with Crippen molar-refractivity contribution in [3.05, 3.63) is 0 Å². The van der Waals surface area contributed by atoms with E-state index < -0.39 is 35.5 Å². The van der Waals surface area contributed by atoms with Crippen LogP contribution >= 0.6 is 0 Å². The van der Waals surface area contributed by atoms with Gasteiger partial charge in [-0.15, -0.1) is 0 Å². The lowest BCUT2D eigenvalue weighted by Gasteiger charge is -2.30. The van der Waals surface area contributed by atoms with Crippen LogP contribution in [0.25, 0.3) is 0 Å². The number of likely N-dealkylation sites (tertiary alicyclic amines) is 1.